The Bertz CT molecular complexity index is 1250. The molecule has 2 atom stereocenters. The van der Waals surface area contributed by atoms with Crippen molar-refractivity contribution >= 4 is 22.8 Å². The van der Waals surface area contributed by atoms with E-state index in [2.05, 4.69) is 19.8 Å². The zero-order valence-electron chi connectivity index (χ0n) is 24.9. The van der Waals surface area contributed by atoms with Crippen LogP contribution in [-0.4, -0.2) is 58.2 Å². The Morgan fingerprint density at radius 3 is 3.43 bits per heavy atom. The molecule has 1 aliphatic heterocycles. The average molecular weight is 325 g/mol. The first-order valence-electron chi connectivity index (χ1n) is 12.9. The van der Waals surface area contributed by atoms with E-state index < -0.39 is 61.4 Å². The van der Waals surface area contributed by atoms with Gasteiger partial charge < -0.3 is 19.6 Å². The molecule has 3 rings (SSSR count). The van der Waals surface area contributed by atoms with Crippen LogP contribution in [0.15, 0.2) is 18.6 Å². The highest BCUT2D eigenvalue weighted by Gasteiger charge is 2.33. The number of likely N-dealkylation sites (N-methyl/N-ethyl adjacent to an activating group) is 1. The third-order valence-corrected chi connectivity index (χ3v) is 3.05. The third-order valence-electron chi connectivity index (χ3n) is 3.05. The van der Waals surface area contributed by atoms with E-state index in [1.54, 1.807) is 0 Å². The van der Waals surface area contributed by atoms with Crippen molar-refractivity contribution in [3.05, 3.63) is 30.0 Å². The lowest BCUT2D eigenvalue weighted by Gasteiger charge is -2.41. The Hall–Kier alpha value is -2.62. The van der Waals surface area contributed by atoms with Gasteiger partial charge in [-0.25, -0.2) is 16.5 Å². The maximum absolute atomic E-state index is 13.0. The summed E-state index contributed by atoms with van der Waals surface area (Å²) in [5.74, 6) is -6.16. The molecular formula is C16H20N6O. The number of rotatable bonds is 3. The van der Waals surface area contributed by atoms with Gasteiger partial charge in [-0.1, -0.05) is 6.92 Å². The largest absolute Gasteiger partial charge is 0.354 e. The van der Waals surface area contributed by atoms with Crippen molar-refractivity contribution in [2.75, 3.05) is 31.4 Å². The molecule has 0 radical (unpaired) electrons. The molecule has 0 aliphatic carbocycles. The monoisotopic (exact) mass is 325 g/mol. The Balaban J connectivity index is 2.50. The van der Waals surface area contributed by atoms with Crippen molar-refractivity contribution in [2.45, 2.75) is 19.3 Å². The molecule has 0 spiro atoms. The van der Waals surface area contributed by atoms with E-state index >= 15 is 0 Å². The van der Waals surface area contributed by atoms with Gasteiger partial charge in [0.15, 0.2) is 0 Å². The molecule has 120 valence electrons. The maximum Gasteiger partial charge on any atom is 0.302 e. The van der Waals surface area contributed by atoms with Gasteiger partial charge in [-0.3, -0.25) is 4.79 Å². The first kappa shape index (κ1) is 6.11. The summed E-state index contributed by atoms with van der Waals surface area (Å²) >= 11 is 0. The van der Waals surface area contributed by atoms with E-state index in [-0.39, 0.29) is 15.9 Å². The van der Waals surface area contributed by atoms with E-state index in [9.17, 15) is 4.79 Å². The summed E-state index contributed by atoms with van der Waals surface area (Å²) in [4.78, 5) is 25.2. The van der Waals surface area contributed by atoms with Gasteiger partial charge in [-0.15, -0.1) is 0 Å². The molecule has 7 heteroatoms. The fourth-order valence-corrected chi connectivity index (χ4v) is 1.98. The van der Waals surface area contributed by atoms with E-state index in [0.29, 0.717) is 6.92 Å². The molecule has 0 aromatic carbocycles. The van der Waals surface area contributed by atoms with Crippen LogP contribution in [0, 0.1) is 12.5 Å². The van der Waals surface area contributed by atoms with Gasteiger partial charge >= 0.3 is 5.91 Å². The molecule has 0 saturated carbocycles. The smallest absolute Gasteiger partial charge is 0.302 e. The molecule has 23 heavy (non-hydrogen) atoms. The molecule has 1 fully saturated rings. The number of hydrogen-bond acceptors (Lipinski definition) is 4. The fraction of sp³-hybridized carbons (Fsp3) is 0.500. The summed E-state index contributed by atoms with van der Waals surface area (Å²) in [6, 6.07) is -2.44. The highest BCUT2D eigenvalue weighted by molar-refractivity contribution is 5.87. The molecule has 0 unspecified atom stereocenters. The summed E-state index contributed by atoms with van der Waals surface area (Å²) in [5, 5.41) is -0.0737. The van der Waals surface area contributed by atoms with Crippen molar-refractivity contribution in [1.29, 1.82) is 0 Å². The number of carbonyl (C=O) groups is 1. The summed E-state index contributed by atoms with van der Waals surface area (Å²) in [7, 11) is 0. The number of piperidine rings is 1. The standard InChI is InChI=1S/C16H20N6O/c1-11-5-7-22(14(23)8-17-2)9-13(11)21(3)16-12-4-6-18-15(12)19-10-20-16/h4,6,10-11,13H,5,7-9H2,1,3H3,(H,18,19,20)/t11-,13+/m1/s1/i3D3,5D2,7D2,8D2,9D2,11D,13D. The molecule has 1 amide bonds. The predicted octanol–water partition coefficient (Wildman–Crippen LogP) is 1.55. The minimum absolute atomic E-state index is 0.00832. The first-order valence-corrected chi connectivity index (χ1v) is 6.37. The molecule has 1 N–H and O–H groups in total. The van der Waals surface area contributed by atoms with Crippen LogP contribution in [0.1, 0.15) is 31.1 Å². The minimum atomic E-state index is -3.93. The summed E-state index contributed by atoms with van der Waals surface area (Å²) in [6.07, 6.45) is -1.51. The number of nitrogens with one attached hydrogen (secondary N) is 1. The lowest BCUT2D eigenvalue weighted by molar-refractivity contribution is -0.130. The van der Waals surface area contributed by atoms with Gasteiger partial charge in [0.2, 0.25) is 0 Å². The van der Waals surface area contributed by atoms with Crippen LogP contribution in [0.2, 0.25) is 0 Å². The topological polar surface area (TPSA) is 69.5 Å². The van der Waals surface area contributed by atoms with Gasteiger partial charge in [-0.05, 0) is 18.3 Å². The average Bonchev–Trinajstić information content (AvgIpc) is 3.20. The number of aromatic nitrogens is 3. The van der Waals surface area contributed by atoms with E-state index in [0.717, 1.165) is 6.33 Å². The van der Waals surface area contributed by atoms with Crippen molar-refractivity contribution in [1.82, 2.24) is 19.9 Å². The predicted molar refractivity (Wildman–Crippen MR) is 87.9 cm³/mol. The Morgan fingerprint density at radius 2 is 2.65 bits per heavy atom. The number of nitrogens with zero attached hydrogens (tertiary/aromatic N) is 5. The van der Waals surface area contributed by atoms with Crippen LogP contribution in [0.3, 0.4) is 0 Å². The van der Waals surface area contributed by atoms with Crippen LogP contribution in [-0.2, 0) is 4.79 Å². The summed E-state index contributed by atoms with van der Waals surface area (Å²) in [5.41, 5.74) is 0.0384. The minimum Gasteiger partial charge on any atom is -0.354 e. The second kappa shape index (κ2) is 6.24. The van der Waals surface area contributed by atoms with Crippen molar-refractivity contribution in [3.8, 4) is 0 Å². The van der Waals surface area contributed by atoms with Gasteiger partial charge in [-0.2, -0.15) is 0 Å². The molecule has 0 bridgehead atoms. The van der Waals surface area contributed by atoms with E-state index in [1.807, 2.05) is 0 Å². The normalized spacial score (nSPS) is 43.7. The number of likely N-dealkylation sites (tertiary alicyclic amines) is 1. The van der Waals surface area contributed by atoms with Gasteiger partial charge in [0.25, 0.3) is 6.50 Å². The number of hydrogen-bond donors (Lipinski definition) is 1. The van der Waals surface area contributed by atoms with Gasteiger partial charge in [0.05, 0.1) is 15.5 Å². The van der Waals surface area contributed by atoms with E-state index in [4.69, 9.17) is 24.4 Å². The maximum atomic E-state index is 13.0. The van der Waals surface area contributed by atoms with Crippen molar-refractivity contribution in [3.63, 3.8) is 0 Å². The Kier molecular flexibility index (Phi) is 1.66. The molecule has 2 aromatic heterocycles. The first-order chi connectivity index (χ1) is 16.0. The zero-order chi connectivity index (χ0) is 27.9. The Morgan fingerprint density at radius 1 is 1.78 bits per heavy atom. The van der Waals surface area contributed by atoms with Crippen LogP contribution < -0.4 is 4.90 Å². The SMILES string of the molecule is [2H]C([2H])([N+]#[C-])C(=O)N1C([2H])([2H])C([2H])([2H])[C@@]([2H])(C)[C@@]([2H])(N(c2ncnc3[nH]ccc23)C([2H])([2H])[2H])C1([2H])[2H]. The second-order valence-corrected chi connectivity index (χ2v) is 4.46. The quantitative estimate of drug-likeness (QED) is 0.869. The molecular weight excluding hydrogens is 292 g/mol. The van der Waals surface area contributed by atoms with Crippen LogP contribution in [0.5, 0.6) is 0 Å². The Labute approximate surface area is 153 Å². The molecule has 1 saturated heterocycles. The fourth-order valence-electron chi connectivity index (χ4n) is 1.98. The van der Waals surface area contributed by atoms with Gasteiger partial charge in [0, 0.05) is 37.1 Å². The molecule has 3 heterocycles. The summed E-state index contributed by atoms with van der Waals surface area (Å²) < 4.78 is 108. The second-order valence-electron chi connectivity index (χ2n) is 4.46. The molecule has 1 aliphatic rings. The van der Waals surface area contributed by atoms with Crippen molar-refractivity contribution in [2.24, 2.45) is 5.89 Å². The lowest BCUT2D eigenvalue weighted by Crippen LogP contribution is -2.53. The number of anilines is 1. The molecule has 2 aromatic rings. The zero-order valence-corrected chi connectivity index (χ0v) is 11.9. The third kappa shape index (κ3) is 2.84. The number of amides is 1. The van der Waals surface area contributed by atoms with Crippen LogP contribution in [0.4, 0.5) is 5.82 Å². The highest BCUT2D eigenvalue weighted by Crippen LogP contribution is 2.28. The lowest BCUT2D eigenvalue weighted by atomic mass is 9.92. The summed E-state index contributed by atoms with van der Waals surface area (Å²) in [6.45, 7) is -7.35. The van der Waals surface area contributed by atoms with Crippen LogP contribution >= 0.6 is 0 Å². The number of fused-ring (bicyclic) bond motifs is 1. The number of H-pyrrole nitrogens is 1. The van der Waals surface area contributed by atoms with Gasteiger partial charge in [0.1, 0.15) is 20.5 Å². The van der Waals surface area contributed by atoms with Crippen LogP contribution in [0.25, 0.3) is 15.9 Å². The van der Waals surface area contributed by atoms with E-state index in [1.165, 1.54) is 12.3 Å². The number of aromatic amines is 1. The van der Waals surface area contributed by atoms with Crippen molar-refractivity contribution < 1.29 is 22.6 Å². The number of carbonyl (C=O) groups excluding carboxylic acids is 1. The highest BCUT2D eigenvalue weighted by atomic mass is 16.2. The molecule has 7 nitrogen and oxygen atoms in total.